The molecule has 2 unspecified atom stereocenters. The van der Waals surface area contributed by atoms with Gasteiger partial charge in [-0.2, -0.15) is 0 Å². The third-order valence-electron chi connectivity index (χ3n) is 7.12. The molecule has 0 radical (unpaired) electrons. The van der Waals surface area contributed by atoms with Crippen LogP contribution >= 0.6 is 22.9 Å². The number of aliphatic hydroxyl groups is 1. The monoisotopic (exact) mass is 496 g/mol. The van der Waals surface area contributed by atoms with Crippen molar-refractivity contribution in [2.75, 3.05) is 19.9 Å². The zero-order valence-corrected chi connectivity index (χ0v) is 20.1. The lowest BCUT2D eigenvalue weighted by Gasteiger charge is -2.27. The maximum atomic E-state index is 13.4. The van der Waals surface area contributed by atoms with E-state index in [1.165, 1.54) is 0 Å². The van der Waals surface area contributed by atoms with E-state index in [-0.39, 0.29) is 24.7 Å². The Morgan fingerprint density at radius 1 is 1.24 bits per heavy atom. The summed E-state index contributed by atoms with van der Waals surface area (Å²) in [6, 6.07) is 13.6. The van der Waals surface area contributed by atoms with Gasteiger partial charge in [0.05, 0.1) is 24.0 Å². The number of ketones is 1. The van der Waals surface area contributed by atoms with Crippen LogP contribution in [0.5, 0.6) is 11.5 Å². The highest BCUT2D eigenvalue weighted by atomic mass is 35.5. The lowest BCUT2D eigenvalue weighted by Crippen LogP contribution is -2.28. The minimum absolute atomic E-state index is 0.0871. The summed E-state index contributed by atoms with van der Waals surface area (Å²) in [5.41, 5.74) is 1.55. The molecule has 176 valence electrons. The summed E-state index contributed by atoms with van der Waals surface area (Å²) in [4.78, 5) is 21.4. The van der Waals surface area contributed by atoms with E-state index >= 15 is 0 Å². The Bertz CT molecular complexity index is 1240. The van der Waals surface area contributed by atoms with E-state index in [0.717, 1.165) is 52.6 Å². The third-order valence-corrected chi connectivity index (χ3v) is 8.52. The summed E-state index contributed by atoms with van der Waals surface area (Å²) in [5.74, 6) is 1.64. The van der Waals surface area contributed by atoms with Gasteiger partial charge in [0.2, 0.25) is 6.79 Å². The number of hydrogen-bond acceptors (Lipinski definition) is 7. The number of carbonyl (C=O) groups is 1. The van der Waals surface area contributed by atoms with Crippen molar-refractivity contribution in [3.05, 3.63) is 74.7 Å². The van der Waals surface area contributed by atoms with Crippen molar-refractivity contribution in [1.29, 1.82) is 0 Å². The van der Waals surface area contributed by atoms with E-state index in [4.69, 9.17) is 21.1 Å². The fraction of sp³-hybridized carbons (Fsp3) is 0.385. The standard InChI is InChI=1S/C26H25ClN2O4S/c27-19-4-2-1-3-18(19)25(29-10-7-17(30)14-29)22-13-28-24(34-22)12-23(31)26(8-9-26)16-5-6-20-21(11-16)33-15-32-20/h1-6,11,13,17,25,30H,7-10,12,14-15H2. The maximum Gasteiger partial charge on any atom is 0.231 e. The van der Waals surface area contributed by atoms with Gasteiger partial charge in [-0.25, -0.2) is 4.98 Å². The Morgan fingerprint density at radius 2 is 2.06 bits per heavy atom. The highest BCUT2D eigenvalue weighted by molar-refractivity contribution is 7.11. The summed E-state index contributed by atoms with van der Waals surface area (Å²) in [5, 5.41) is 11.7. The van der Waals surface area contributed by atoms with Crippen LogP contribution in [0.1, 0.15) is 46.3 Å². The molecule has 3 heterocycles. The summed E-state index contributed by atoms with van der Waals surface area (Å²) in [6.07, 6.45) is 4.26. The van der Waals surface area contributed by atoms with Gasteiger partial charge < -0.3 is 14.6 Å². The van der Waals surface area contributed by atoms with Crippen molar-refractivity contribution in [2.45, 2.75) is 43.2 Å². The molecule has 0 spiro atoms. The number of fused-ring (bicyclic) bond motifs is 1. The average Bonchev–Trinajstić information content (AvgIpc) is 3.13. The van der Waals surface area contributed by atoms with E-state index < -0.39 is 5.41 Å². The lowest BCUT2D eigenvalue weighted by atomic mass is 9.89. The predicted molar refractivity (Wildman–Crippen MR) is 130 cm³/mol. The van der Waals surface area contributed by atoms with Gasteiger partial charge in [-0.05, 0) is 48.6 Å². The number of ether oxygens (including phenoxy) is 2. The molecular formula is C26H25ClN2O4S. The third kappa shape index (κ3) is 3.90. The summed E-state index contributed by atoms with van der Waals surface area (Å²) in [6.45, 7) is 1.61. The molecule has 2 fully saturated rings. The highest BCUT2D eigenvalue weighted by Crippen LogP contribution is 2.51. The number of benzene rings is 2. The largest absolute Gasteiger partial charge is 0.454 e. The van der Waals surface area contributed by atoms with Crippen molar-refractivity contribution in [3.63, 3.8) is 0 Å². The minimum Gasteiger partial charge on any atom is -0.454 e. The molecule has 1 aliphatic carbocycles. The normalized spacial score (nSPS) is 21.5. The van der Waals surface area contributed by atoms with Gasteiger partial charge in [0.25, 0.3) is 0 Å². The van der Waals surface area contributed by atoms with Gasteiger partial charge >= 0.3 is 0 Å². The van der Waals surface area contributed by atoms with Gasteiger partial charge in [-0.3, -0.25) is 9.69 Å². The van der Waals surface area contributed by atoms with Gasteiger partial charge in [0.1, 0.15) is 10.8 Å². The second-order valence-electron chi connectivity index (χ2n) is 9.27. The molecular weight excluding hydrogens is 472 g/mol. The molecule has 2 aliphatic heterocycles. The van der Waals surface area contributed by atoms with Crippen molar-refractivity contribution < 1.29 is 19.4 Å². The van der Waals surface area contributed by atoms with Gasteiger partial charge in [-0.15, -0.1) is 11.3 Å². The predicted octanol–water partition coefficient (Wildman–Crippen LogP) is 4.52. The molecule has 1 saturated heterocycles. The fourth-order valence-electron chi connectivity index (χ4n) is 5.12. The first-order valence-electron chi connectivity index (χ1n) is 11.6. The van der Waals surface area contributed by atoms with Gasteiger partial charge in [-0.1, -0.05) is 35.9 Å². The smallest absolute Gasteiger partial charge is 0.231 e. The molecule has 1 aromatic heterocycles. The average molecular weight is 497 g/mol. The second-order valence-corrected chi connectivity index (χ2v) is 10.8. The molecule has 8 heteroatoms. The molecule has 6 rings (SSSR count). The molecule has 1 N–H and O–H groups in total. The van der Waals surface area contributed by atoms with Crippen LogP contribution < -0.4 is 9.47 Å². The molecule has 2 aromatic carbocycles. The second kappa shape index (κ2) is 8.64. The molecule has 0 bridgehead atoms. The van der Waals surface area contributed by atoms with E-state index in [1.807, 2.05) is 48.7 Å². The zero-order valence-electron chi connectivity index (χ0n) is 18.6. The topological polar surface area (TPSA) is 71.9 Å². The number of carbonyl (C=O) groups excluding carboxylic acids is 1. The number of β-amino-alcohol motifs (C(OH)–C–C–N with tert-alkyl or cyclic N) is 1. The number of hydrogen-bond donors (Lipinski definition) is 1. The van der Waals surface area contributed by atoms with Crippen LogP contribution in [-0.4, -0.2) is 46.8 Å². The molecule has 0 amide bonds. The summed E-state index contributed by atoms with van der Waals surface area (Å²) >= 11 is 8.13. The number of rotatable bonds is 7. The van der Waals surface area contributed by atoms with E-state index in [1.54, 1.807) is 11.3 Å². The summed E-state index contributed by atoms with van der Waals surface area (Å²) < 4.78 is 10.9. The minimum atomic E-state index is -0.450. The van der Waals surface area contributed by atoms with Crippen molar-refractivity contribution >= 4 is 28.7 Å². The van der Waals surface area contributed by atoms with E-state index in [0.29, 0.717) is 23.7 Å². The van der Waals surface area contributed by atoms with Crippen LogP contribution in [-0.2, 0) is 16.6 Å². The van der Waals surface area contributed by atoms with Crippen LogP contribution in [0.25, 0.3) is 0 Å². The number of halogens is 1. The van der Waals surface area contributed by atoms with Crippen LogP contribution in [0.2, 0.25) is 5.02 Å². The first-order chi connectivity index (χ1) is 16.5. The zero-order chi connectivity index (χ0) is 23.3. The fourth-order valence-corrected chi connectivity index (χ4v) is 6.43. The first-order valence-corrected chi connectivity index (χ1v) is 12.8. The quantitative estimate of drug-likeness (QED) is 0.518. The molecule has 1 saturated carbocycles. The number of thiazole rings is 1. The van der Waals surface area contributed by atoms with Crippen molar-refractivity contribution in [3.8, 4) is 11.5 Å². The number of nitrogens with zero attached hydrogens (tertiary/aromatic N) is 2. The molecule has 3 aromatic rings. The Balaban J connectivity index is 1.25. The summed E-state index contributed by atoms with van der Waals surface area (Å²) in [7, 11) is 0. The van der Waals surface area contributed by atoms with E-state index in [9.17, 15) is 9.90 Å². The Kier molecular flexibility index (Phi) is 5.60. The van der Waals surface area contributed by atoms with Gasteiger partial charge in [0, 0.05) is 29.2 Å². The van der Waals surface area contributed by atoms with Crippen LogP contribution in [0.15, 0.2) is 48.7 Å². The molecule has 3 aliphatic rings. The Labute approximate surface area is 207 Å². The van der Waals surface area contributed by atoms with Crippen LogP contribution in [0.4, 0.5) is 0 Å². The number of likely N-dealkylation sites (tertiary alicyclic amines) is 1. The molecule has 2 atom stereocenters. The first kappa shape index (κ1) is 22.0. The maximum absolute atomic E-state index is 13.4. The number of aliphatic hydroxyl groups excluding tert-OH is 1. The number of aromatic nitrogens is 1. The highest BCUT2D eigenvalue weighted by Gasteiger charge is 2.51. The van der Waals surface area contributed by atoms with Crippen LogP contribution in [0.3, 0.4) is 0 Å². The molecule has 6 nitrogen and oxygen atoms in total. The van der Waals surface area contributed by atoms with Gasteiger partial charge in [0.15, 0.2) is 11.5 Å². The van der Waals surface area contributed by atoms with Crippen LogP contribution in [0, 0.1) is 0 Å². The Morgan fingerprint density at radius 3 is 2.82 bits per heavy atom. The molecule has 34 heavy (non-hydrogen) atoms. The lowest BCUT2D eigenvalue weighted by molar-refractivity contribution is -0.120. The van der Waals surface area contributed by atoms with Crippen molar-refractivity contribution in [1.82, 2.24) is 9.88 Å². The Hall–Kier alpha value is -2.45. The van der Waals surface area contributed by atoms with E-state index in [2.05, 4.69) is 9.88 Å². The number of Topliss-reactive ketones (excluding diaryl/α,β-unsaturated/α-hetero) is 1. The SMILES string of the molecule is O=C(Cc1ncc(C(c2ccccc2Cl)N2CCC(O)C2)s1)C1(c2ccc3c(c2)OCO3)CC1. The van der Waals surface area contributed by atoms with Crippen molar-refractivity contribution in [2.24, 2.45) is 0 Å².